The number of aryl methyl sites for hydroxylation is 4. The zero-order chi connectivity index (χ0) is 36.2. The number of hydrogen-bond donors (Lipinski definition) is 2. The van der Waals surface area contributed by atoms with Gasteiger partial charge in [0.05, 0.1) is 37.6 Å². The van der Waals surface area contributed by atoms with Gasteiger partial charge < -0.3 is 19.7 Å². The summed E-state index contributed by atoms with van der Waals surface area (Å²) in [5, 5.41) is 18.5. The molecule has 0 heterocycles. The Morgan fingerprint density at radius 3 is 1.90 bits per heavy atom. The molecule has 0 aliphatic heterocycles. The van der Waals surface area contributed by atoms with E-state index in [9.17, 15) is 19.8 Å². The molecule has 1 saturated carbocycles. The molecule has 268 valence electrons. The number of aliphatic hydroxyl groups excluding tert-OH is 2. The van der Waals surface area contributed by atoms with Crippen LogP contribution in [0, 0.1) is 25.7 Å². The molecule has 50 heavy (non-hydrogen) atoms. The lowest BCUT2D eigenvalue weighted by atomic mass is 9.73. The van der Waals surface area contributed by atoms with Gasteiger partial charge in [-0.2, -0.15) is 0 Å². The third-order valence-corrected chi connectivity index (χ3v) is 10.5. The molecule has 0 atom stereocenters. The van der Waals surface area contributed by atoms with Crippen molar-refractivity contribution >= 4 is 11.9 Å². The van der Waals surface area contributed by atoms with E-state index < -0.39 is 25.2 Å². The van der Waals surface area contributed by atoms with Gasteiger partial charge in [0, 0.05) is 5.92 Å². The number of esters is 2. The standard InChI is InChI=1S/C44H56O6/c1-7-9-10-11-34-12-17-38(22-29(34)3)42-21-19-39(24-33(42)8-2)41-20-18-37(23-30(41)4)35-13-15-36(16-14-35)40(27-49-43(47)31(5)25-45)28-50-44(48)32(6)26-46/h12,17-24,35-36,40,45-46H,5-11,13-16,25-28H2,1-4H3. The highest BCUT2D eigenvalue weighted by atomic mass is 16.5. The molecular formula is C44H56O6. The van der Waals surface area contributed by atoms with E-state index in [0.717, 1.165) is 38.5 Å². The maximum atomic E-state index is 12.2. The highest BCUT2D eigenvalue weighted by molar-refractivity contribution is 5.88. The second-order valence-electron chi connectivity index (χ2n) is 14.0. The molecule has 6 heteroatoms. The van der Waals surface area contributed by atoms with E-state index in [1.165, 1.54) is 69.3 Å². The minimum absolute atomic E-state index is 0.0170. The molecule has 6 nitrogen and oxygen atoms in total. The number of rotatable bonds is 17. The quantitative estimate of drug-likeness (QED) is 0.0840. The molecule has 4 rings (SSSR count). The van der Waals surface area contributed by atoms with E-state index in [-0.39, 0.29) is 36.2 Å². The lowest BCUT2D eigenvalue weighted by Gasteiger charge is -2.34. The van der Waals surface area contributed by atoms with Crippen molar-refractivity contribution in [3.05, 3.63) is 107 Å². The highest BCUT2D eigenvalue weighted by Gasteiger charge is 2.31. The first-order valence-corrected chi connectivity index (χ1v) is 18.3. The predicted octanol–water partition coefficient (Wildman–Crippen LogP) is 9.01. The van der Waals surface area contributed by atoms with Crippen LogP contribution in [0.4, 0.5) is 0 Å². The number of carbonyl (C=O) groups excluding carboxylic acids is 2. The molecule has 0 spiro atoms. The fourth-order valence-corrected chi connectivity index (χ4v) is 7.25. The average Bonchev–Trinajstić information content (AvgIpc) is 3.14. The largest absolute Gasteiger partial charge is 0.462 e. The number of aliphatic hydroxyl groups is 2. The van der Waals surface area contributed by atoms with Gasteiger partial charge in [-0.25, -0.2) is 9.59 Å². The fourth-order valence-electron chi connectivity index (χ4n) is 7.25. The Kier molecular flexibility index (Phi) is 14.6. The normalized spacial score (nSPS) is 15.9. The fraction of sp³-hybridized carbons (Fsp3) is 0.455. The lowest BCUT2D eigenvalue weighted by molar-refractivity contribution is -0.146. The van der Waals surface area contributed by atoms with Gasteiger partial charge in [-0.3, -0.25) is 0 Å². The average molecular weight is 681 g/mol. The maximum Gasteiger partial charge on any atom is 0.335 e. The topological polar surface area (TPSA) is 93.1 Å². The minimum atomic E-state index is -0.657. The predicted molar refractivity (Wildman–Crippen MR) is 202 cm³/mol. The van der Waals surface area contributed by atoms with E-state index in [0.29, 0.717) is 5.92 Å². The summed E-state index contributed by atoms with van der Waals surface area (Å²) in [4.78, 5) is 24.4. The van der Waals surface area contributed by atoms with E-state index in [4.69, 9.17) is 9.47 Å². The molecule has 1 aliphatic carbocycles. The molecule has 0 unspecified atom stereocenters. The zero-order valence-electron chi connectivity index (χ0n) is 30.6. The van der Waals surface area contributed by atoms with Crippen molar-refractivity contribution in [1.82, 2.24) is 0 Å². The van der Waals surface area contributed by atoms with Gasteiger partial charge in [0.1, 0.15) is 0 Å². The highest BCUT2D eigenvalue weighted by Crippen LogP contribution is 2.41. The van der Waals surface area contributed by atoms with Crippen LogP contribution in [0.15, 0.2) is 78.9 Å². The Labute approximate surface area is 299 Å². The third-order valence-electron chi connectivity index (χ3n) is 10.5. The monoisotopic (exact) mass is 680 g/mol. The Morgan fingerprint density at radius 2 is 1.34 bits per heavy atom. The van der Waals surface area contributed by atoms with Crippen LogP contribution in [0.3, 0.4) is 0 Å². The Bertz CT molecular complexity index is 1610. The summed E-state index contributed by atoms with van der Waals surface area (Å²) in [6.07, 6.45) is 9.62. The maximum absolute atomic E-state index is 12.2. The first-order chi connectivity index (χ1) is 24.1. The molecule has 0 bridgehead atoms. The second-order valence-corrected chi connectivity index (χ2v) is 14.0. The summed E-state index contributed by atoms with van der Waals surface area (Å²) in [7, 11) is 0. The summed E-state index contributed by atoms with van der Waals surface area (Å²) in [6, 6.07) is 20.8. The van der Waals surface area contributed by atoms with Crippen LogP contribution in [-0.2, 0) is 31.9 Å². The lowest BCUT2D eigenvalue weighted by Crippen LogP contribution is -2.31. The van der Waals surface area contributed by atoms with Gasteiger partial charge in [0.25, 0.3) is 0 Å². The summed E-state index contributed by atoms with van der Waals surface area (Å²) in [5.74, 6) is -0.931. The molecule has 0 saturated heterocycles. The van der Waals surface area contributed by atoms with E-state index in [1.807, 2.05) is 0 Å². The minimum Gasteiger partial charge on any atom is -0.462 e. The Hall–Kier alpha value is -4.00. The van der Waals surface area contributed by atoms with E-state index in [2.05, 4.69) is 95.5 Å². The number of carbonyl (C=O) groups is 2. The van der Waals surface area contributed by atoms with Crippen molar-refractivity contribution < 1.29 is 29.3 Å². The van der Waals surface area contributed by atoms with E-state index in [1.54, 1.807) is 0 Å². The molecule has 2 N–H and O–H groups in total. The van der Waals surface area contributed by atoms with Crippen LogP contribution < -0.4 is 0 Å². The van der Waals surface area contributed by atoms with Crippen molar-refractivity contribution in [2.75, 3.05) is 26.4 Å². The van der Waals surface area contributed by atoms with Crippen LogP contribution in [0.5, 0.6) is 0 Å². The van der Waals surface area contributed by atoms with Gasteiger partial charge in [-0.1, -0.05) is 94.4 Å². The number of benzene rings is 3. The summed E-state index contributed by atoms with van der Waals surface area (Å²) in [5.41, 5.74) is 11.8. The van der Waals surface area contributed by atoms with Crippen LogP contribution in [0.2, 0.25) is 0 Å². The van der Waals surface area contributed by atoms with Crippen molar-refractivity contribution in [1.29, 1.82) is 0 Å². The smallest absolute Gasteiger partial charge is 0.335 e. The van der Waals surface area contributed by atoms with E-state index >= 15 is 0 Å². The summed E-state index contributed by atoms with van der Waals surface area (Å²) < 4.78 is 10.9. The van der Waals surface area contributed by atoms with Crippen molar-refractivity contribution in [3.8, 4) is 22.3 Å². The van der Waals surface area contributed by atoms with Crippen molar-refractivity contribution in [2.45, 2.75) is 91.4 Å². The van der Waals surface area contributed by atoms with Gasteiger partial charge in [-0.05, 0) is 121 Å². The van der Waals surface area contributed by atoms with Crippen LogP contribution in [-0.4, -0.2) is 48.6 Å². The zero-order valence-corrected chi connectivity index (χ0v) is 30.6. The molecule has 1 aliphatic rings. The summed E-state index contributed by atoms with van der Waals surface area (Å²) >= 11 is 0. The molecule has 3 aromatic rings. The first-order valence-electron chi connectivity index (χ1n) is 18.3. The van der Waals surface area contributed by atoms with Crippen LogP contribution >= 0.6 is 0 Å². The van der Waals surface area contributed by atoms with Crippen LogP contribution in [0.1, 0.15) is 92.5 Å². The Morgan fingerprint density at radius 1 is 0.740 bits per heavy atom. The van der Waals surface area contributed by atoms with Gasteiger partial charge in [0.15, 0.2) is 0 Å². The molecule has 3 aromatic carbocycles. The van der Waals surface area contributed by atoms with Gasteiger partial charge in [-0.15, -0.1) is 0 Å². The molecular weight excluding hydrogens is 624 g/mol. The SMILES string of the molecule is C=C(CO)C(=O)OCC(COC(=O)C(=C)CO)C1CCC(c2ccc(-c3ccc(-c4ccc(CCCCC)c(C)c4)c(CC)c3)c(C)c2)CC1. The molecule has 0 aromatic heterocycles. The van der Waals surface area contributed by atoms with Gasteiger partial charge in [0.2, 0.25) is 0 Å². The number of unbranched alkanes of at least 4 members (excludes halogenated alkanes) is 2. The summed E-state index contributed by atoms with van der Waals surface area (Å²) in [6.45, 7) is 15.2. The molecule has 1 fully saturated rings. The molecule has 0 radical (unpaired) electrons. The number of hydrogen-bond acceptors (Lipinski definition) is 6. The Balaban J connectivity index is 1.44. The van der Waals surface area contributed by atoms with Crippen molar-refractivity contribution in [2.24, 2.45) is 11.8 Å². The van der Waals surface area contributed by atoms with Crippen molar-refractivity contribution in [3.63, 3.8) is 0 Å². The number of ether oxygens (including phenoxy) is 2. The third kappa shape index (κ3) is 10.0. The second kappa shape index (κ2) is 18.8. The first kappa shape index (κ1) is 38.8. The van der Waals surface area contributed by atoms with Gasteiger partial charge >= 0.3 is 11.9 Å². The van der Waals surface area contributed by atoms with Crippen LogP contribution in [0.25, 0.3) is 22.3 Å². The molecule has 0 amide bonds.